The van der Waals surface area contributed by atoms with Crippen molar-refractivity contribution in [3.05, 3.63) is 29.6 Å². The van der Waals surface area contributed by atoms with Crippen LogP contribution in [0.15, 0.2) is 18.2 Å². The molecule has 0 bridgehead atoms. The highest BCUT2D eigenvalue weighted by Gasteiger charge is 2.39. The van der Waals surface area contributed by atoms with E-state index in [2.05, 4.69) is 11.9 Å². The van der Waals surface area contributed by atoms with E-state index in [-0.39, 0.29) is 5.91 Å². The highest BCUT2D eigenvalue weighted by atomic mass is 16.2. The van der Waals surface area contributed by atoms with Crippen molar-refractivity contribution >= 4 is 5.91 Å². The summed E-state index contributed by atoms with van der Waals surface area (Å²) in [5.74, 6) is 0.579. The van der Waals surface area contributed by atoms with Crippen molar-refractivity contribution in [2.24, 2.45) is 11.7 Å². The van der Waals surface area contributed by atoms with E-state index in [1.54, 1.807) is 4.90 Å². The van der Waals surface area contributed by atoms with Gasteiger partial charge in [0.15, 0.2) is 0 Å². The summed E-state index contributed by atoms with van der Waals surface area (Å²) in [4.78, 5) is 18.8. The van der Waals surface area contributed by atoms with E-state index >= 15 is 0 Å². The number of hydrogen-bond donors (Lipinski definition) is 1. The molecular formula is C16H25N3O. The van der Waals surface area contributed by atoms with Crippen LogP contribution in [0.2, 0.25) is 0 Å². The number of nitrogens with zero attached hydrogens (tertiary/aromatic N) is 2. The first-order valence-electron chi connectivity index (χ1n) is 7.38. The van der Waals surface area contributed by atoms with Crippen molar-refractivity contribution in [2.45, 2.75) is 51.6 Å². The molecule has 20 heavy (non-hydrogen) atoms. The molecule has 1 aliphatic carbocycles. The zero-order valence-electron chi connectivity index (χ0n) is 12.7. The normalized spacial score (nSPS) is 26.3. The number of hydrogen-bond acceptors (Lipinski definition) is 3. The van der Waals surface area contributed by atoms with Gasteiger partial charge in [-0.25, -0.2) is 0 Å². The first-order chi connectivity index (χ1) is 9.40. The molecule has 4 heteroatoms. The van der Waals surface area contributed by atoms with Crippen LogP contribution in [-0.2, 0) is 11.3 Å². The molecule has 110 valence electrons. The molecule has 1 aromatic heterocycles. The molecule has 0 aromatic carbocycles. The second kappa shape index (κ2) is 5.92. The summed E-state index contributed by atoms with van der Waals surface area (Å²) in [6.45, 7) is 4.66. The number of aromatic nitrogens is 1. The fraction of sp³-hybridized carbons (Fsp3) is 0.625. The Morgan fingerprint density at radius 2 is 2.30 bits per heavy atom. The molecule has 0 saturated heterocycles. The maximum absolute atomic E-state index is 12.6. The van der Waals surface area contributed by atoms with Gasteiger partial charge in [-0.1, -0.05) is 25.8 Å². The summed E-state index contributed by atoms with van der Waals surface area (Å²) >= 11 is 0. The predicted molar refractivity (Wildman–Crippen MR) is 80.0 cm³/mol. The zero-order valence-corrected chi connectivity index (χ0v) is 12.7. The van der Waals surface area contributed by atoms with Crippen molar-refractivity contribution in [3.8, 4) is 0 Å². The van der Waals surface area contributed by atoms with Crippen LogP contribution in [0.3, 0.4) is 0 Å². The molecular weight excluding hydrogens is 250 g/mol. The first kappa shape index (κ1) is 15.0. The molecule has 2 atom stereocenters. The summed E-state index contributed by atoms with van der Waals surface area (Å²) in [6.07, 6.45) is 3.80. The van der Waals surface area contributed by atoms with Gasteiger partial charge in [0.05, 0.1) is 17.8 Å². The van der Waals surface area contributed by atoms with Gasteiger partial charge in [-0.3, -0.25) is 9.78 Å². The van der Waals surface area contributed by atoms with Crippen molar-refractivity contribution in [1.29, 1.82) is 0 Å². The first-order valence-corrected chi connectivity index (χ1v) is 7.38. The van der Waals surface area contributed by atoms with Crippen LogP contribution in [0.1, 0.15) is 44.0 Å². The molecule has 0 spiro atoms. The lowest BCUT2D eigenvalue weighted by Crippen LogP contribution is -2.56. The molecule has 2 unspecified atom stereocenters. The van der Waals surface area contributed by atoms with Gasteiger partial charge in [-0.05, 0) is 37.8 Å². The smallest absolute Gasteiger partial charge is 0.242 e. The Kier molecular flexibility index (Phi) is 4.43. The van der Waals surface area contributed by atoms with Crippen LogP contribution in [0.5, 0.6) is 0 Å². The van der Waals surface area contributed by atoms with Crippen molar-refractivity contribution in [3.63, 3.8) is 0 Å². The minimum atomic E-state index is -0.684. The fourth-order valence-corrected chi connectivity index (χ4v) is 3.17. The van der Waals surface area contributed by atoms with Gasteiger partial charge in [-0.15, -0.1) is 0 Å². The summed E-state index contributed by atoms with van der Waals surface area (Å²) in [5.41, 5.74) is 7.56. The summed E-state index contributed by atoms with van der Waals surface area (Å²) in [7, 11) is 1.82. The van der Waals surface area contributed by atoms with Crippen LogP contribution >= 0.6 is 0 Å². The molecule has 1 aliphatic rings. The monoisotopic (exact) mass is 275 g/mol. The van der Waals surface area contributed by atoms with E-state index in [1.165, 1.54) is 6.42 Å². The third-order valence-corrected chi connectivity index (χ3v) is 4.15. The number of carbonyl (C=O) groups is 1. The van der Waals surface area contributed by atoms with Gasteiger partial charge in [0.1, 0.15) is 0 Å². The summed E-state index contributed by atoms with van der Waals surface area (Å²) in [6, 6.07) is 5.87. The highest BCUT2D eigenvalue weighted by molar-refractivity contribution is 5.86. The Morgan fingerprint density at radius 1 is 1.55 bits per heavy atom. The van der Waals surface area contributed by atoms with Crippen LogP contribution in [-0.4, -0.2) is 28.4 Å². The number of aryl methyl sites for hydroxylation is 1. The Hall–Kier alpha value is -1.42. The molecule has 1 saturated carbocycles. The quantitative estimate of drug-likeness (QED) is 0.920. The van der Waals surface area contributed by atoms with Gasteiger partial charge in [0.25, 0.3) is 0 Å². The highest BCUT2D eigenvalue weighted by Crippen LogP contribution is 2.31. The van der Waals surface area contributed by atoms with Gasteiger partial charge in [-0.2, -0.15) is 0 Å². The lowest BCUT2D eigenvalue weighted by Gasteiger charge is -2.38. The topological polar surface area (TPSA) is 59.2 Å². The second-order valence-corrected chi connectivity index (χ2v) is 6.29. The number of likely N-dealkylation sites (N-methyl/N-ethyl adjacent to an activating group) is 1. The van der Waals surface area contributed by atoms with E-state index in [9.17, 15) is 4.79 Å². The average Bonchev–Trinajstić information content (AvgIpc) is 2.37. The van der Waals surface area contributed by atoms with Crippen LogP contribution in [0.25, 0.3) is 0 Å². The fourth-order valence-electron chi connectivity index (χ4n) is 3.17. The van der Waals surface area contributed by atoms with Crippen molar-refractivity contribution < 1.29 is 4.79 Å². The van der Waals surface area contributed by atoms with E-state index in [1.807, 2.05) is 32.2 Å². The third-order valence-electron chi connectivity index (χ3n) is 4.15. The molecule has 1 aromatic rings. The molecule has 1 amide bonds. The second-order valence-electron chi connectivity index (χ2n) is 6.29. The van der Waals surface area contributed by atoms with Gasteiger partial charge < -0.3 is 10.6 Å². The number of pyridine rings is 1. The molecule has 0 radical (unpaired) electrons. The Labute approximate surface area is 121 Å². The predicted octanol–water partition coefficient (Wildman–Crippen LogP) is 2.26. The van der Waals surface area contributed by atoms with Crippen LogP contribution < -0.4 is 5.73 Å². The maximum Gasteiger partial charge on any atom is 0.242 e. The molecule has 2 N–H and O–H groups in total. The number of rotatable bonds is 3. The molecule has 1 fully saturated rings. The summed E-state index contributed by atoms with van der Waals surface area (Å²) < 4.78 is 0. The Bertz CT molecular complexity index is 488. The van der Waals surface area contributed by atoms with Gasteiger partial charge >= 0.3 is 0 Å². The third kappa shape index (κ3) is 3.37. The van der Waals surface area contributed by atoms with Crippen LogP contribution in [0.4, 0.5) is 0 Å². The SMILES string of the molecule is Cc1cccc(CN(C)C(=O)C2(N)CCCC(C)C2)n1. The van der Waals surface area contributed by atoms with E-state index in [0.717, 1.165) is 30.7 Å². The van der Waals surface area contributed by atoms with E-state index in [0.29, 0.717) is 12.5 Å². The number of nitrogens with two attached hydrogens (primary N) is 1. The minimum absolute atomic E-state index is 0.0485. The number of amides is 1. The van der Waals surface area contributed by atoms with Crippen molar-refractivity contribution in [1.82, 2.24) is 9.88 Å². The van der Waals surface area contributed by atoms with Gasteiger partial charge in [0.2, 0.25) is 5.91 Å². The largest absolute Gasteiger partial charge is 0.338 e. The zero-order chi connectivity index (χ0) is 14.8. The van der Waals surface area contributed by atoms with E-state index in [4.69, 9.17) is 5.73 Å². The lowest BCUT2D eigenvalue weighted by molar-refractivity contribution is -0.138. The molecule has 2 rings (SSSR count). The molecule has 4 nitrogen and oxygen atoms in total. The van der Waals surface area contributed by atoms with Crippen molar-refractivity contribution in [2.75, 3.05) is 7.05 Å². The summed E-state index contributed by atoms with van der Waals surface area (Å²) in [5, 5.41) is 0. The maximum atomic E-state index is 12.6. The van der Waals surface area contributed by atoms with Crippen LogP contribution in [0, 0.1) is 12.8 Å². The lowest BCUT2D eigenvalue weighted by atomic mass is 9.76. The van der Waals surface area contributed by atoms with Gasteiger partial charge in [0, 0.05) is 12.7 Å². The Balaban J connectivity index is 2.04. The minimum Gasteiger partial charge on any atom is -0.338 e. The molecule has 0 aliphatic heterocycles. The van der Waals surface area contributed by atoms with E-state index < -0.39 is 5.54 Å². The number of carbonyl (C=O) groups excluding carboxylic acids is 1. The molecule has 1 heterocycles. The average molecular weight is 275 g/mol. The standard InChI is InChI=1S/C16H25N3O/c1-12-6-5-9-16(17,10-12)15(20)19(3)11-14-8-4-7-13(2)18-14/h4,7-8,12H,5-6,9-11,17H2,1-3H3. The Morgan fingerprint density at radius 3 is 2.95 bits per heavy atom.